The Bertz CT molecular complexity index is 1110. The van der Waals surface area contributed by atoms with Crippen LogP contribution >= 0.6 is 0 Å². The molecule has 0 unspecified atom stereocenters. The van der Waals surface area contributed by atoms with Crippen LogP contribution in [-0.4, -0.2) is 15.2 Å². The standard InChI is InChI=1S/C20H14F3N3O2/c21-20(22,23)15-4-1-13(2-5-15)3-8-19-25-16(12-28-19)11-27-17-6-7-18-14(9-17)10-24-26-18/h1-10,12H,11H2,(H,24,26)/b8-3+. The molecule has 0 fully saturated rings. The molecule has 0 amide bonds. The lowest BCUT2D eigenvalue weighted by molar-refractivity contribution is -0.137. The highest BCUT2D eigenvalue weighted by molar-refractivity contribution is 5.79. The minimum absolute atomic E-state index is 0.223. The molecule has 142 valence electrons. The minimum Gasteiger partial charge on any atom is -0.487 e. The van der Waals surface area contributed by atoms with Gasteiger partial charge in [-0.15, -0.1) is 0 Å². The Hall–Kier alpha value is -3.55. The lowest BCUT2D eigenvalue weighted by Gasteiger charge is -2.05. The molecule has 0 bridgehead atoms. The van der Waals surface area contributed by atoms with Gasteiger partial charge in [-0.3, -0.25) is 5.10 Å². The number of hydrogen-bond donors (Lipinski definition) is 1. The SMILES string of the molecule is FC(F)(F)c1ccc(/C=C/c2nc(COc3ccc4[nH]ncc4c3)co2)cc1. The van der Waals surface area contributed by atoms with E-state index >= 15 is 0 Å². The number of fused-ring (bicyclic) bond motifs is 1. The van der Waals surface area contributed by atoms with Crippen LogP contribution in [-0.2, 0) is 12.8 Å². The van der Waals surface area contributed by atoms with Gasteiger partial charge in [0.15, 0.2) is 0 Å². The van der Waals surface area contributed by atoms with Gasteiger partial charge in [0.05, 0.1) is 17.3 Å². The number of oxazole rings is 1. The molecule has 5 nitrogen and oxygen atoms in total. The number of hydrogen-bond acceptors (Lipinski definition) is 4. The second-order valence-electron chi connectivity index (χ2n) is 6.04. The Labute approximate surface area is 157 Å². The Morgan fingerprint density at radius 1 is 1.07 bits per heavy atom. The van der Waals surface area contributed by atoms with Crippen LogP contribution in [0.15, 0.2) is 59.3 Å². The lowest BCUT2D eigenvalue weighted by Crippen LogP contribution is -2.03. The maximum absolute atomic E-state index is 12.6. The Morgan fingerprint density at radius 3 is 2.68 bits per heavy atom. The van der Waals surface area contributed by atoms with Crippen LogP contribution in [0.25, 0.3) is 23.1 Å². The molecule has 0 aliphatic carbocycles. The number of H-pyrrole nitrogens is 1. The van der Waals surface area contributed by atoms with Gasteiger partial charge >= 0.3 is 6.18 Å². The summed E-state index contributed by atoms with van der Waals surface area (Å²) < 4.78 is 48.7. The van der Waals surface area contributed by atoms with Crippen molar-refractivity contribution >= 4 is 23.1 Å². The molecule has 2 aromatic carbocycles. The number of aromatic amines is 1. The van der Waals surface area contributed by atoms with E-state index in [9.17, 15) is 13.2 Å². The third-order valence-electron chi connectivity index (χ3n) is 4.02. The van der Waals surface area contributed by atoms with E-state index in [1.807, 2.05) is 18.2 Å². The fourth-order valence-corrected chi connectivity index (χ4v) is 2.58. The summed E-state index contributed by atoms with van der Waals surface area (Å²) in [5.41, 5.74) is 1.44. The largest absolute Gasteiger partial charge is 0.487 e. The summed E-state index contributed by atoms with van der Waals surface area (Å²) in [6.45, 7) is 0.223. The predicted molar refractivity (Wildman–Crippen MR) is 97.3 cm³/mol. The molecule has 1 N–H and O–H groups in total. The third kappa shape index (κ3) is 4.06. The summed E-state index contributed by atoms with van der Waals surface area (Å²) in [5, 5.41) is 7.76. The molecule has 4 rings (SSSR count). The van der Waals surface area contributed by atoms with Crippen molar-refractivity contribution in [2.24, 2.45) is 0 Å². The minimum atomic E-state index is -4.35. The lowest BCUT2D eigenvalue weighted by atomic mass is 10.1. The zero-order valence-electron chi connectivity index (χ0n) is 14.4. The van der Waals surface area contributed by atoms with Crippen molar-refractivity contribution in [3.63, 3.8) is 0 Å². The van der Waals surface area contributed by atoms with Crippen LogP contribution in [0.5, 0.6) is 5.75 Å². The van der Waals surface area contributed by atoms with Gasteiger partial charge < -0.3 is 9.15 Å². The van der Waals surface area contributed by atoms with Crippen LogP contribution in [0, 0.1) is 0 Å². The zero-order valence-corrected chi connectivity index (χ0v) is 14.4. The van der Waals surface area contributed by atoms with Crippen molar-refractivity contribution in [1.82, 2.24) is 15.2 Å². The quantitative estimate of drug-likeness (QED) is 0.505. The fraction of sp³-hybridized carbons (Fsp3) is 0.100. The van der Waals surface area contributed by atoms with Crippen LogP contribution < -0.4 is 4.74 Å². The average molecular weight is 385 g/mol. The number of nitrogens with zero attached hydrogens (tertiary/aromatic N) is 2. The zero-order chi connectivity index (χ0) is 19.6. The van der Waals surface area contributed by atoms with Crippen LogP contribution in [0.1, 0.15) is 22.7 Å². The molecule has 0 atom stereocenters. The first-order valence-corrected chi connectivity index (χ1v) is 8.33. The molecule has 8 heteroatoms. The highest BCUT2D eigenvalue weighted by atomic mass is 19.4. The second kappa shape index (κ2) is 7.22. The average Bonchev–Trinajstić information content (AvgIpc) is 3.33. The monoisotopic (exact) mass is 385 g/mol. The smallest absolute Gasteiger partial charge is 0.416 e. The highest BCUT2D eigenvalue weighted by Crippen LogP contribution is 2.29. The summed E-state index contributed by atoms with van der Waals surface area (Å²) in [5.74, 6) is 1.02. The molecule has 2 heterocycles. The van der Waals surface area contributed by atoms with Gasteiger partial charge in [-0.25, -0.2) is 4.98 Å². The molecule has 2 aromatic heterocycles. The van der Waals surface area contributed by atoms with Gasteiger partial charge in [0, 0.05) is 11.5 Å². The highest BCUT2D eigenvalue weighted by Gasteiger charge is 2.29. The van der Waals surface area contributed by atoms with Gasteiger partial charge in [-0.1, -0.05) is 12.1 Å². The van der Waals surface area contributed by atoms with E-state index in [1.54, 1.807) is 18.3 Å². The van der Waals surface area contributed by atoms with Gasteiger partial charge in [-0.2, -0.15) is 18.3 Å². The van der Waals surface area contributed by atoms with E-state index in [0.717, 1.165) is 23.0 Å². The molecule has 0 aliphatic rings. The summed E-state index contributed by atoms with van der Waals surface area (Å²) in [4.78, 5) is 4.27. The molecular weight excluding hydrogens is 371 g/mol. The van der Waals surface area contributed by atoms with Crippen molar-refractivity contribution in [2.45, 2.75) is 12.8 Å². The Kier molecular flexibility index (Phi) is 4.60. The molecule has 0 spiro atoms. The summed E-state index contributed by atoms with van der Waals surface area (Å²) >= 11 is 0. The van der Waals surface area contributed by atoms with E-state index in [1.165, 1.54) is 18.4 Å². The van der Waals surface area contributed by atoms with Crippen molar-refractivity contribution in [1.29, 1.82) is 0 Å². The fourth-order valence-electron chi connectivity index (χ4n) is 2.58. The summed E-state index contributed by atoms with van der Waals surface area (Å²) in [7, 11) is 0. The second-order valence-corrected chi connectivity index (χ2v) is 6.04. The number of alkyl halides is 3. The van der Waals surface area contributed by atoms with Gasteiger partial charge in [0.2, 0.25) is 5.89 Å². The van der Waals surface area contributed by atoms with Crippen molar-refractivity contribution in [2.75, 3.05) is 0 Å². The number of benzene rings is 2. The van der Waals surface area contributed by atoms with E-state index in [4.69, 9.17) is 9.15 Å². The number of nitrogens with one attached hydrogen (secondary N) is 1. The van der Waals surface area contributed by atoms with E-state index in [-0.39, 0.29) is 6.61 Å². The number of rotatable bonds is 5. The van der Waals surface area contributed by atoms with Crippen molar-refractivity contribution in [3.05, 3.63) is 77.6 Å². The molecule has 0 saturated carbocycles. The van der Waals surface area contributed by atoms with E-state index in [2.05, 4.69) is 15.2 Å². The summed E-state index contributed by atoms with van der Waals surface area (Å²) in [6.07, 6.45) is 2.06. The van der Waals surface area contributed by atoms with E-state index < -0.39 is 11.7 Å². The number of halogens is 3. The maximum atomic E-state index is 12.6. The first-order valence-electron chi connectivity index (χ1n) is 8.33. The third-order valence-corrected chi connectivity index (χ3v) is 4.02. The molecule has 4 aromatic rings. The van der Waals surface area contributed by atoms with Crippen LogP contribution in [0.2, 0.25) is 0 Å². The van der Waals surface area contributed by atoms with E-state index in [0.29, 0.717) is 22.9 Å². The van der Waals surface area contributed by atoms with Gasteiger partial charge in [0.1, 0.15) is 24.3 Å². The van der Waals surface area contributed by atoms with Gasteiger partial charge in [-0.05, 0) is 42.0 Å². The molecule has 0 saturated heterocycles. The molecule has 0 aliphatic heterocycles. The molecular formula is C20H14F3N3O2. The van der Waals surface area contributed by atoms with Crippen molar-refractivity contribution in [3.8, 4) is 5.75 Å². The topological polar surface area (TPSA) is 63.9 Å². The number of ether oxygens (including phenoxy) is 1. The molecule has 28 heavy (non-hydrogen) atoms. The maximum Gasteiger partial charge on any atom is 0.416 e. The first-order chi connectivity index (χ1) is 13.5. The Balaban J connectivity index is 1.37. The Morgan fingerprint density at radius 2 is 1.89 bits per heavy atom. The van der Waals surface area contributed by atoms with Crippen molar-refractivity contribution < 1.29 is 22.3 Å². The normalized spacial score (nSPS) is 12.1. The van der Waals surface area contributed by atoms with Gasteiger partial charge in [0.25, 0.3) is 0 Å². The van der Waals surface area contributed by atoms with Crippen LogP contribution in [0.3, 0.4) is 0 Å². The summed E-state index contributed by atoms with van der Waals surface area (Å²) in [6, 6.07) is 10.4. The number of aromatic nitrogens is 3. The van der Waals surface area contributed by atoms with Crippen LogP contribution in [0.4, 0.5) is 13.2 Å². The molecule has 0 radical (unpaired) electrons. The first kappa shape index (κ1) is 17.8. The predicted octanol–water partition coefficient (Wildman–Crippen LogP) is 5.32.